The van der Waals surface area contributed by atoms with Crippen LogP contribution in [0.3, 0.4) is 0 Å². The lowest BCUT2D eigenvalue weighted by atomic mass is 10.1. The van der Waals surface area contributed by atoms with E-state index in [1.165, 1.54) is 32.1 Å². The molecular weight excluding hydrogens is 264 g/mol. The van der Waals surface area contributed by atoms with Crippen molar-refractivity contribution >= 4 is 5.97 Å². The van der Waals surface area contributed by atoms with Crippen LogP contribution >= 0.6 is 0 Å². The second-order valence-corrected chi connectivity index (χ2v) is 5.27. The second kappa shape index (κ2) is 12.3. The van der Waals surface area contributed by atoms with Gasteiger partial charge < -0.3 is 10.1 Å². The molecule has 118 valence electrons. The zero-order valence-corrected chi connectivity index (χ0v) is 13.1. The summed E-state index contributed by atoms with van der Waals surface area (Å²) in [6.07, 6.45) is 10.4. The average molecular weight is 292 g/mol. The number of unbranched alkanes of at least 4 members (excludes halogenated alkanes) is 6. The fourth-order valence-electron chi connectivity index (χ4n) is 2.09. The van der Waals surface area contributed by atoms with E-state index >= 15 is 0 Å². The van der Waals surface area contributed by atoms with Gasteiger partial charge in [-0.25, -0.2) is 0 Å². The summed E-state index contributed by atoms with van der Waals surface area (Å²) in [6.45, 7) is 3.60. The number of pyridine rings is 1. The fraction of sp³-hybridized carbons (Fsp3) is 0.647. The Morgan fingerprint density at radius 3 is 2.62 bits per heavy atom. The minimum Gasteiger partial charge on any atom is -0.465 e. The normalized spacial score (nSPS) is 10.5. The number of hydrogen-bond acceptors (Lipinski definition) is 4. The third-order valence-corrected chi connectivity index (χ3v) is 3.31. The van der Waals surface area contributed by atoms with Gasteiger partial charge in [0.25, 0.3) is 0 Å². The van der Waals surface area contributed by atoms with Crippen LogP contribution in [0.25, 0.3) is 0 Å². The summed E-state index contributed by atoms with van der Waals surface area (Å²) in [6, 6.07) is 5.74. The summed E-state index contributed by atoms with van der Waals surface area (Å²) in [7, 11) is 0. The van der Waals surface area contributed by atoms with Crippen LogP contribution in [0.4, 0.5) is 0 Å². The van der Waals surface area contributed by atoms with Gasteiger partial charge in [0.05, 0.1) is 18.8 Å². The van der Waals surface area contributed by atoms with Crippen LogP contribution < -0.4 is 5.32 Å². The highest BCUT2D eigenvalue weighted by molar-refractivity contribution is 5.71. The van der Waals surface area contributed by atoms with E-state index in [0.29, 0.717) is 13.2 Å². The molecule has 0 amide bonds. The van der Waals surface area contributed by atoms with E-state index in [-0.39, 0.29) is 12.5 Å². The monoisotopic (exact) mass is 292 g/mol. The highest BCUT2D eigenvalue weighted by atomic mass is 16.5. The van der Waals surface area contributed by atoms with E-state index in [4.69, 9.17) is 4.74 Å². The molecule has 0 saturated heterocycles. The Hall–Kier alpha value is -1.42. The lowest BCUT2D eigenvalue weighted by Gasteiger charge is -2.06. The van der Waals surface area contributed by atoms with Crippen molar-refractivity contribution in [2.75, 3.05) is 13.2 Å². The topological polar surface area (TPSA) is 51.2 Å². The third kappa shape index (κ3) is 10.0. The van der Waals surface area contributed by atoms with Gasteiger partial charge in [0.1, 0.15) is 0 Å². The van der Waals surface area contributed by atoms with Crippen LogP contribution in [0.5, 0.6) is 0 Å². The Kier molecular flexibility index (Phi) is 10.4. The number of carbonyl (C=O) groups excluding carboxylic acids is 1. The molecule has 1 rings (SSSR count). The lowest BCUT2D eigenvalue weighted by molar-refractivity contribution is -0.142. The summed E-state index contributed by atoms with van der Waals surface area (Å²) in [5.41, 5.74) is 0.928. The van der Waals surface area contributed by atoms with Gasteiger partial charge in [0.15, 0.2) is 0 Å². The molecule has 1 aromatic rings. The quantitative estimate of drug-likeness (QED) is 0.473. The molecule has 4 nitrogen and oxygen atoms in total. The molecule has 0 aromatic carbocycles. The van der Waals surface area contributed by atoms with Crippen LogP contribution in [-0.2, 0) is 16.1 Å². The van der Waals surface area contributed by atoms with Crippen LogP contribution in [0.2, 0.25) is 0 Å². The van der Waals surface area contributed by atoms with Gasteiger partial charge in [0.2, 0.25) is 0 Å². The largest absolute Gasteiger partial charge is 0.465 e. The van der Waals surface area contributed by atoms with Crippen LogP contribution in [0, 0.1) is 0 Å². The van der Waals surface area contributed by atoms with Crippen LogP contribution in [0.15, 0.2) is 24.4 Å². The number of carbonyl (C=O) groups is 1. The maximum Gasteiger partial charge on any atom is 0.319 e. The Morgan fingerprint density at radius 1 is 1.14 bits per heavy atom. The molecule has 1 N–H and O–H groups in total. The first-order valence-corrected chi connectivity index (χ1v) is 8.09. The van der Waals surface area contributed by atoms with Crippen molar-refractivity contribution < 1.29 is 9.53 Å². The summed E-state index contributed by atoms with van der Waals surface area (Å²) in [5, 5.41) is 3.04. The maximum absolute atomic E-state index is 11.5. The number of rotatable bonds is 12. The number of esters is 1. The van der Waals surface area contributed by atoms with Crippen LogP contribution in [-0.4, -0.2) is 24.1 Å². The fourth-order valence-corrected chi connectivity index (χ4v) is 2.09. The van der Waals surface area contributed by atoms with Gasteiger partial charge in [-0.3, -0.25) is 9.78 Å². The highest BCUT2D eigenvalue weighted by Gasteiger charge is 2.02. The SMILES string of the molecule is CCCCCCCCCOC(=O)CNCc1ccccn1. The summed E-state index contributed by atoms with van der Waals surface area (Å²) < 4.78 is 5.19. The average Bonchev–Trinajstić information content (AvgIpc) is 2.51. The molecule has 0 bridgehead atoms. The van der Waals surface area contributed by atoms with Crippen molar-refractivity contribution in [3.63, 3.8) is 0 Å². The molecule has 1 aromatic heterocycles. The van der Waals surface area contributed by atoms with Crippen molar-refractivity contribution in [3.8, 4) is 0 Å². The molecule has 0 aliphatic heterocycles. The van der Waals surface area contributed by atoms with Crippen LogP contribution in [0.1, 0.15) is 57.6 Å². The molecule has 0 radical (unpaired) electrons. The number of nitrogens with zero attached hydrogens (tertiary/aromatic N) is 1. The first-order valence-electron chi connectivity index (χ1n) is 8.09. The van der Waals surface area contributed by atoms with Gasteiger partial charge in [-0.05, 0) is 18.6 Å². The van der Waals surface area contributed by atoms with Crippen molar-refractivity contribution in [2.45, 2.75) is 58.4 Å². The summed E-state index contributed by atoms with van der Waals surface area (Å²) in [4.78, 5) is 15.7. The summed E-state index contributed by atoms with van der Waals surface area (Å²) >= 11 is 0. The van der Waals surface area contributed by atoms with E-state index in [1.807, 2.05) is 18.2 Å². The van der Waals surface area contributed by atoms with E-state index < -0.39 is 0 Å². The van der Waals surface area contributed by atoms with E-state index in [9.17, 15) is 4.79 Å². The number of aromatic nitrogens is 1. The van der Waals surface area contributed by atoms with Gasteiger partial charge in [0, 0.05) is 12.7 Å². The maximum atomic E-state index is 11.5. The van der Waals surface area contributed by atoms with E-state index in [1.54, 1.807) is 6.20 Å². The predicted octanol–water partition coefficient (Wildman–Crippen LogP) is 3.47. The zero-order valence-electron chi connectivity index (χ0n) is 13.1. The molecule has 0 saturated carbocycles. The molecule has 0 spiro atoms. The van der Waals surface area contributed by atoms with Gasteiger partial charge in [-0.2, -0.15) is 0 Å². The Balaban J connectivity index is 1.90. The first-order chi connectivity index (χ1) is 10.3. The molecular formula is C17H28N2O2. The Morgan fingerprint density at radius 2 is 1.90 bits per heavy atom. The lowest BCUT2D eigenvalue weighted by Crippen LogP contribution is -2.25. The number of hydrogen-bond donors (Lipinski definition) is 1. The standard InChI is InChI=1S/C17H28N2O2/c1-2-3-4-5-6-7-10-13-21-17(20)15-18-14-16-11-8-9-12-19-16/h8-9,11-12,18H,2-7,10,13-15H2,1H3. The highest BCUT2D eigenvalue weighted by Crippen LogP contribution is 2.06. The third-order valence-electron chi connectivity index (χ3n) is 3.31. The van der Waals surface area contributed by atoms with Gasteiger partial charge in [-0.1, -0.05) is 51.5 Å². The molecule has 21 heavy (non-hydrogen) atoms. The molecule has 4 heteroatoms. The van der Waals surface area contributed by atoms with Crippen molar-refractivity contribution in [1.82, 2.24) is 10.3 Å². The minimum atomic E-state index is -0.183. The first kappa shape index (κ1) is 17.6. The van der Waals surface area contributed by atoms with E-state index in [0.717, 1.165) is 18.5 Å². The number of ether oxygens (including phenoxy) is 1. The zero-order chi connectivity index (χ0) is 15.2. The Bertz CT molecular complexity index is 368. The van der Waals surface area contributed by atoms with E-state index in [2.05, 4.69) is 17.2 Å². The molecule has 1 heterocycles. The predicted molar refractivity (Wildman–Crippen MR) is 84.9 cm³/mol. The molecule has 0 fully saturated rings. The smallest absolute Gasteiger partial charge is 0.319 e. The van der Waals surface area contributed by atoms with Gasteiger partial charge >= 0.3 is 5.97 Å². The molecule has 0 aliphatic rings. The van der Waals surface area contributed by atoms with Crippen molar-refractivity contribution in [1.29, 1.82) is 0 Å². The minimum absolute atomic E-state index is 0.183. The summed E-state index contributed by atoms with van der Waals surface area (Å²) in [5.74, 6) is -0.183. The molecule has 0 atom stereocenters. The molecule has 0 unspecified atom stereocenters. The van der Waals surface area contributed by atoms with Gasteiger partial charge in [-0.15, -0.1) is 0 Å². The number of nitrogens with one attached hydrogen (secondary N) is 1. The molecule has 0 aliphatic carbocycles. The van der Waals surface area contributed by atoms with Crippen molar-refractivity contribution in [3.05, 3.63) is 30.1 Å². The van der Waals surface area contributed by atoms with Crippen molar-refractivity contribution in [2.24, 2.45) is 0 Å². The second-order valence-electron chi connectivity index (χ2n) is 5.27. The Labute approximate surface area is 128 Å².